The average molecular weight is 345 g/mol. The zero-order valence-electron chi connectivity index (χ0n) is 16.8. The van der Waals surface area contributed by atoms with Gasteiger partial charge in [0.15, 0.2) is 0 Å². The summed E-state index contributed by atoms with van der Waals surface area (Å²) in [5.41, 5.74) is 11.8. The van der Waals surface area contributed by atoms with E-state index in [1.54, 1.807) is 11.1 Å². The maximum atomic E-state index is 2.45. The predicted octanol–water partition coefficient (Wildman–Crippen LogP) is 5.86. The number of fused-ring (bicyclic) bond motifs is 6. The smallest absolute Gasteiger partial charge is 0.0493 e. The van der Waals surface area contributed by atoms with Gasteiger partial charge in [-0.25, -0.2) is 0 Å². The molecule has 2 aromatic heterocycles. The van der Waals surface area contributed by atoms with Gasteiger partial charge in [-0.3, -0.25) is 0 Å². The summed E-state index contributed by atoms with van der Waals surface area (Å²) in [6.45, 7) is 9.22. The monoisotopic (exact) mass is 344 g/mol. The van der Waals surface area contributed by atoms with Gasteiger partial charge in [-0.15, -0.1) is 0 Å². The molecule has 26 heavy (non-hydrogen) atoms. The van der Waals surface area contributed by atoms with Crippen molar-refractivity contribution in [2.75, 3.05) is 0 Å². The van der Waals surface area contributed by atoms with Crippen LogP contribution in [0.25, 0.3) is 34.0 Å². The van der Waals surface area contributed by atoms with E-state index in [1.165, 1.54) is 44.3 Å². The zero-order valence-corrected chi connectivity index (χ0v) is 16.8. The van der Waals surface area contributed by atoms with Gasteiger partial charge in [-0.2, -0.15) is 0 Å². The lowest BCUT2D eigenvalue weighted by Crippen LogP contribution is -1.95. The third kappa shape index (κ3) is 1.93. The topological polar surface area (TPSA) is 9.86 Å². The van der Waals surface area contributed by atoms with Gasteiger partial charge in [0, 0.05) is 47.3 Å². The van der Waals surface area contributed by atoms with E-state index in [0.29, 0.717) is 11.8 Å². The largest absolute Gasteiger partial charge is 0.344 e. The van der Waals surface area contributed by atoms with Crippen molar-refractivity contribution in [3.8, 4) is 0 Å². The van der Waals surface area contributed by atoms with Crippen LogP contribution in [0, 0.1) is 11.8 Å². The first-order valence-corrected chi connectivity index (χ1v) is 9.90. The summed E-state index contributed by atoms with van der Waals surface area (Å²) < 4.78 is 4.81. The first kappa shape index (κ1) is 16.0. The molecule has 3 aromatic rings. The van der Waals surface area contributed by atoms with E-state index in [2.05, 4.69) is 75.2 Å². The fourth-order valence-corrected chi connectivity index (χ4v) is 4.90. The van der Waals surface area contributed by atoms with E-state index >= 15 is 0 Å². The number of aryl methyl sites for hydroxylation is 2. The predicted molar refractivity (Wildman–Crippen MR) is 112 cm³/mol. The second-order valence-electron chi connectivity index (χ2n) is 8.83. The van der Waals surface area contributed by atoms with Crippen molar-refractivity contribution in [2.45, 2.75) is 40.5 Å². The third-order valence-corrected chi connectivity index (χ3v) is 6.72. The minimum atomic E-state index is 0.625. The van der Waals surface area contributed by atoms with Gasteiger partial charge in [0.1, 0.15) is 0 Å². The van der Waals surface area contributed by atoms with Gasteiger partial charge in [-0.1, -0.05) is 38.8 Å². The number of benzene rings is 1. The van der Waals surface area contributed by atoms with Crippen LogP contribution in [-0.2, 0) is 26.9 Å². The number of hydrogen-bond acceptors (Lipinski definition) is 0. The van der Waals surface area contributed by atoms with Crippen molar-refractivity contribution < 1.29 is 0 Å². The molecule has 5 rings (SSSR count). The minimum absolute atomic E-state index is 0.625. The molecule has 134 valence electrons. The van der Waals surface area contributed by atoms with Gasteiger partial charge in [0.25, 0.3) is 0 Å². The van der Waals surface area contributed by atoms with E-state index in [9.17, 15) is 0 Å². The number of aromatic nitrogens is 2. The first-order valence-electron chi connectivity index (χ1n) is 9.90. The molecule has 0 saturated heterocycles. The van der Waals surface area contributed by atoms with Crippen LogP contribution in [0.15, 0.2) is 23.3 Å². The van der Waals surface area contributed by atoms with E-state index < -0.39 is 0 Å². The lowest BCUT2D eigenvalue weighted by Gasteiger charge is -2.08. The van der Waals surface area contributed by atoms with Crippen molar-refractivity contribution in [2.24, 2.45) is 25.9 Å². The normalized spacial score (nSPS) is 16.2. The summed E-state index contributed by atoms with van der Waals surface area (Å²) in [7, 11) is 4.46. The molecule has 0 fully saturated rings. The Bertz CT molecular complexity index is 1050. The first-order chi connectivity index (χ1) is 12.4. The summed E-state index contributed by atoms with van der Waals surface area (Å²) in [6, 6.07) is 4.89. The molecule has 2 nitrogen and oxygen atoms in total. The Morgan fingerprint density at radius 2 is 1.08 bits per heavy atom. The van der Waals surface area contributed by atoms with Crippen LogP contribution < -0.4 is 0 Å². The highest BCUT2D eigenvalue weighted by Crippen LogP contribution is 2.42. The summed E-state index contributed by atoms with van der Waals surface area (Å²) in [4.78, 5) is 0. The quantitative estimate of drug-likeness (QED) is 0.551. The van der Waals surface area contributed by atoms with E-state index in [4.69, 9.17) is 0 Å². The second-order valence-corrected chi connectivity index (χ2v) is 8.83. The Kier molecular flexibility index (Phi) is 3.17. The second kappa shape index (κ2) is 5.16. The molecule has 0 amide bonds. The molecule has 0 aliphatic heterocycles. The lowest BCUT2D eigenvalue weighted by molar-refractivity contribution is 0.755. The zero-order chi connectivity index (χ0) is 18.3. The average Bonchev–Trinajstić information content (AvgIpc) is 3.31. The third-order valence-electron chi connectivity index (χ3n) is 6.72. The van der Waals surface area contributed by atoms with Crippen LogP contribution in [0.5, 0.6) is 0 Å². The molecule has 0 spiro atoms. The summed E-state index contributed by atoms with van der Waals surface area (Å²) >= 11 is 0. The molecule has 0 saturated carbocycles. The van der Waals surface area contributed by atoms with Crippen molar-refractivity contribution in [3.05, 3.63) is 45.8 Å². The molecular weight excluding hydrogens is 316 g/mol. The highest BCUT2D eigenvalue weighted by Gasteiger charge is 2.26. The highest BCUT2D eigenvalue weighted by atomic mass is 15.0. The molecule has 0 N–H and O–H groups in total. The van der Waals surface area contributed by atoms with Gasteiger partial charge in [0.2, 0.25) is 0 Å². The summed E-state index contributed by atoms with van der Waals surface area (Å²) in [5, 5.41) is 2.88. The van der Waals surface area contributed by atoms with Gasteiger partial charge in [-0.05, 0) is 60.1 Å². The fourth-order valence-electron chi connectivity index (χ4n) is 4.90. The SMILES string of the molecule is CC(C)C1=Cc2c(c3cc4c(cc3n2C)c2c(n4C)C=C(C(C)C)C2)C1. The van der Waals surface area contributed by atoms with Crippen LogP contribution in [0.3, 0.4) is 0 Å². The molecule has 0 radical (unpaired) electrons. The molecule has 2 heteroatoms. The Morgan fingerprint density at radius 1 is 0.692 bits per heavy atom. The number of hydrogen-bond donors (Lipinski definition) is 0. The van der Waals surface area contributed by atoms with Crippen LogP contribution >= 0.6 is 0 Å². The van der Waals surface area contributed by atoms with Crippen LogP contribution in [0.1, 0.15) is 50.2 Å². The van der Waals surface area contributed by atoms with Gasteiger partial charge in [0.05, 0.1) is 0 Å². The molecule has 0 atom stereocenters. The van der Waals surface area contributed by atoms with Crippen LogP contribution in [0.4, 0.5) is 0 Å². The van der Waals surface area contributed by atoms with Crippen LogP contribution in [-0.4, -0.2) is 9.13 Å². The summed E-state index contributed by atoms with van der Waals surface area (Å²) in [6.07, 6.45) is 7.07. The van der Waals surface area contributed by atoms with Gasteiger partial charge >= 0.3 is 0 Å². The van der Waals surface area contributed by atoms with Crippen molar-refractivity contribution >= 4 is 34.0 Å². The van der Waals surface area contributed by atoms with Crippen molar-refractivity contribution in [1.29, 1.82) is 0 Å². The van der Waals surface area contributed by atoms with E-state index in [-0.39, 0.29) is 0 Å². The Labute approximate surface area is 155 Å². The summed E-state index contributed by atoms with van der Waals surface area (Å²) in [5.74, 6) is 1.25. The molecule has 0 unspecified atom stereocenters. The fraction of sp³-hybridized carbons (Fsp3) is 0.417. The number of nitrogens with zero attached hydrogens (tertiary/aromatic N) is 2. The van der Waals surface area contributed by atoms with E-state index in [1.807, 2.05) is 0 Å². The van der Waals surface area contributed by atoms with Crippen LogP contribution in [0.2, 0.25) is 0 Å². The lowest BCUT2D eigenvalue weighted by atomic mass is 9.98. The maximum Gasteiger partial charge on any atom is 0.0493 e. The molecule has 2 heterocycles. The molecule has 1 aromatic carbocycles. The molecule has 0 bridgehead atoms. The van der Waals surface area contributed by atoms with Crippen molar-refractivity contribution in [1.82, 2.24) is 9.13 Å². The molecular formula is C24H28N2. The molecule has 2 aliphatic rings. The van der Waals surface area contributed by atoms with Crippen molar-refractivity contribution in [3.63, 3.8) is 0 Å². The number of rotatable bonds is 2. The Balaban J connectivity index is 1.75. The minimum Gasteiger partial charge on any atom is -0.344 e. The van der Waals surface area contributed by atoms with Gasteiger partial charge < -0.3 is 9.13 Å². The van der Waals surface area contributed by atoms with E-state index in [0.717, 1.165) is 12.8 Å². The molecule has 2 aliphatic carbocycles. The maximum absolute atomic E-state index is 2.45. The standard InChI is InChI=1S/C24H28N2/c1-13(2)15-7-17-19-11-24-20(12-23(19)25(5)21(17)9-15)18-8-16(14(3)4)10-22(18)26(24)6/h9-14H,7-8H2,1-6H3. The Hall–Kier alpha value is -2.22. The Morgan fingerprint density at radius 3 is 1.42 bits per heavy atom. The highest BCUT2D eigenvalue weighted by molar-refractivity contribution is 6.03. The number of allylic oxidation sites excluding steroid dienone is 2.